The van der Waals surface area contributed by atoms with E-state index in [0.717, 1.165) is 5.56 Å². The first kappa shape index (κ1) is 18.7. The Labute approximate surface area is 137 Å². The van der Waals surface area contributed by atoms with Crippen LogP contribution in [0.15, 0.2) is 42.5 Å². The molecule has 0 saturated carbocycles. The summed E-state index contributed by atoms with van der Waals surface area (Å²) in [6.07, 6.45) is 3.45. The number of carbonyl (C=O) groups excluding carboxylic acids is 2. The van der Waals surface area contributed by atoms with Crippen LogP contribution in [0, 0.1) is 0 Å². The number of alkyl carbamates (subject to hydrolysis) is 1. The standard InChI is InChI=1S/C18H25NO4/c1-5-22-16(20)15(19-17(21)23-18(2,3)4)13-9-12-14-10-7-6-8-11-14/h6-11,13,15H,5,12H2,1-4H3,(H,19,21)/t15-/m0/s1. The molecule has 1 N–H and O–H groups in total. The number of benzene rings is 1. The van der Waals surface area contributed by atoms with Gasteiger partial charge in [-0.2, -0.15) is 0 Å². The van der Waals surface area contributed by atoms with Crippen LogP contribution in [0.1, 0.15) is 33.3 Å². The highest BCUT2D eigenvalue weighted by molar-refractivity contribution is 5.83. The molecule has 0 aliphatic carbocycles. The maximum atomic E-state index is 11.9. The molecule has 0 spiro atoms. The van der Waals surface area contributed by atoms with Crippen molar-refractivity contribution in [1.82, 2.24) is 5.32 Å². The average Bonchev–Trinajstić information content (AvgIpc) is 2.45. The summed E-state index contributed by atoms with van der Waals surface area (Å²) in [6.45, 7) is 7.25. The lowest BCUT2D eigenvalue weighted by Gasteiger charge is -2.21. The second kappa shape index (κ2) is 8.98. The van der Waals surface area contributed by atoms with Gasteiger partial charge in [-0.1, -0.05) is 42.5 Å². The van der Waals surface area contributed by atoms with Crippen LogP contribution >= 0.6 is 0 Å². The highest BCUT2D eigenvalue weighted by Crippen LogP contribution is 2.07. The second-order valence-electron chi connectivity index (χ2n) is 5.99. The molecule has 23 heavy (non-hydrogen) atoms. The van der Waals surface area contributed by atoms with Gasteiger partial charge in [-0.25, -0.2) is 9.59 Å². The predicted octanol–water partition coefficient (Wildman–Crippen LogP) is 3.24. The number of rotatable bonds is 6. The third kappa shape index (κ3) is 8.04. The molecule has 0 aliphatic rings. The van der Waals surface area contributed by atoms with Gasteiger partial charge in [0.05, 0.1) is 6.61 Å². The van der Waals surface area contributed by atoms with Crippen LogP contribution in [0.5, 0.6) is 0 Å². The van der Waals surface area contributed by atoms with E-state index in [1.54, 1.807) is 33.8 Å². The van der Waals surface area contributed by atoms with Crippen molar-refractivity contribution < 1.29 is 19.1 Å². The van der Waals surface area contributed by atoms with E-state index in [2.05, 4.69) is 5.32 Å². The van der Waals surface area contributed by atoms with Gasteiger partial charge in [-0.15, -0.1) is 0 Å². The molecule has 0 fully saturated rings. The quantitative estimate of drug-likeness (QED) is 0.646. The largest absolute Gasteiger partial charge is 0.464 e. The molecule has 126 valence electrons. The molecule has 5 heteroatoms. The Kier molecular flexibility index (Phi) is 7.32. The summed E-state index contributed by atoms with van der Waals surface area (Å²) in [4.78, 5) is 23.8. The van der Waals surface area contributed by atoms with Crippen molar-refractivity contribution in [2.75, 3.05) is 6.61 Å². The molecule has 1 rings (SSSR count). The van der Waals surface area contributed by atoms with E-state index in [1.165, 1.54) is 0 Å². The maximum absolute atomic E-state index is 11.9. The summed E-state index contributed by atoms with van der Waals surface area (Å²) in [7, 11) is 0. The SMILES string of the molecule is CCOC(=O)[C@H](C=CCc1ccccc1)NC(=O)OC(C)(C)C. The zero-order valence-electron chi connectivity index (χ0n) is 14.2. The van der Waals surface area contributed by atoms with Crippen LogP contribution in [0.4, 0.5) is 4.79 Å². The van der Waals surface area contributed by atoms with E-state index in [4.69, 9.17) is 9.47 Å². The third-order valence-corrected chi connectivity index (χ3v) is 2.74. The van der Waals surface area contributed by atoms with Crippen molar-refractivity contribution in [3.05, 3.63) is 48.0 Å². The van der Waals surface area contributed by atoms with Gasteiger partial charge < -0.3 is 14.8 Å². The first-order valence-corrected chi connectivity index (χ1v) is 7.68. The highest BCUT2D eigenvalue weighted by Gasteiger charge is 2.23. The minimum Gasteiger partial charge on any atom is -0.464 e. The van der Waals surface area contributed by atoms with Crippen molar-refractivity contribution in [3.63, 3.8) is 0 Å². The molecular weight excluding hydrogens is 294 g/mol. The van der Waals surface area contributed by atoms with Gasteiger partial charge in [0.15, 0.2) is 0 Å². The molecule has 1 atom stereocenters. The molecule has 0 unspecified atom stereocenters. The molecule has 5 nitrogen and oxygen atoms in total. The molecule has 0 aliphatic heterocycles. The van der Waals surface area contributed by atoms with Gasteiger partial charge in [-0.05, 0) is 39.7 Å². The Hall–Kier alpha value is -2.30. The fourth-order valence-corrected chi connectivity index (χ4v) is 1.81. The molecular formula is C18H25NO4. The van der Waals surface area contributed by atoms with Gasteiger partial charge in [0.2, 0.25) is 0 Å². The predicted molar refractivity (Wildman–Crippen MR) is 89.1 cm³/mol. The summed E-state index contributed by atoms with van der Waals surface area (Å²) < 4.78 is 10.1. The van der Waals surface area contributed by atoms with Gasteiger partial charge in [-0.3, -0.25) is 0 Å². The molecule has 0 heterocycles. The highest BCUT2D eigenvalue weighted by atomic mass is 16.6. The van der Waals surface area contributed by atoms with E-state index < -0.39 is 23.7 Å². The molecule has 0 radical (unpaired) electrons. The summed E-state index contributed by atoms with van der Waals surface area (Å²) in [6, 6.07) is 8.96. The first-order chi connectivity index (χ1) is 10.8. The number of carbonyl (C=O) groups is 2. The number of ether oxygens (including phenoxy) is 2. The van der Waals surface area contributed by atoms with E-state index in [9.17, 15) is 9.59 Å². The zero-order valence-corrected chi connectivity index (χ0v) is 14.2. The summed E-state index contributed by atoms with van der Waals surface area (Å²) >= 11 is 0. The number of hydrogen-bond acceptors (Lipinski definition) is 4. The number of nitrogens with one attached hydrogen (secondary N) is 1. The van der Waals surface area contributed by atoms with E-state index >= 15 is 0 Å². The van der Waals surface area contributed by atoms with Crippen molar-refractivity contribution >= 4 is 12.1 Å². The lowest BCUT2D eigenvalue weighted by atomic mass is 10.1. The molecule has 1 aromatic rings. The third-order valence-electron chi connectivity index (χ3n) is 2.74. The Balaban J connectivity index is 2.68. The van der Waals surface area contributed by atoms with Crippen LogP contribution in [0.3, 0.4) is 0 Å². The van der Waals surface area contributed by atoms with Gasteiger partial charge in [0.25, 0.3) is 0 Å². The Morgan fingerprint density at radius 2 is 1.87 bits per heavy atom. The van der Waals surface area contributed by atoms with Crippen LogP contribution < -0.4 is 5.32 Å². The molecule has 1 aromatic carbocycles. The van der Waals surface area contributed by atoms with Gasteiger partial charge in [0, 0.05) is 0 Å². The molecule has 0 bridgehead atoms. The smallest absolute Gasteiger partial charge is 0.408 e. The van der Waals surface area contributed by atoms with E-state index in [-0.39, 0.29) is 6.61 Å². The number of esters is 1. The second-order valence-corrected chi connectivity index (χ2v) is 5.99. The minimum absolute atomic E-state index is 0.248. The Morgan fingerprint density at radius 3 is 2.43 bits per heavy atom. The normalized spacial score (nSPS) is 12.7. The fraction of sp³-hybridized carbons (Fsp3) is 0.444. The van der Waals surface area contributed by atoms with E-state index in [0.29, 0.717) is 6.42 Å². The van der Waals surface area contributed by atoms with Crippen LogP contribution in [-0.4, -0.2) is 30.3 Å². The van der Waals surface area contributed by atoms with Gasteiger partial charge >= 0.3 is 12.1 Å². The summed E-state index contributed by atoms with van der Waals surface area (Å²) in [5.41, 5.74) is 0.487. The van der Waals surface area contributed by atoms with Crippen molar-refractivity contribution in [2.24, 2.45) is 0 Å². The maximum Gasteiger partial charge on any atom is 0.408 e. The number of allylic oxidation sites excluding steroid dienone is 1. The van der Waals surface area contributed by atoms with Crippen LogP contribution in [0.25, 0.3) is 0 Å². The Bertz CT molecular complexity index is 532. The average molecular weight is 319 g/mol. The van der Waals surface area contributed by atoms with E-state index in [1.807, 2.05) is 36.4 Å². The van der Waals surface area contributed by atoms with Crippen LogP contribution in [-0.2, 0) is 20.7 Å². The Morgan fingerprint density at radius 1 is 1.22 bits per heavy atom. The fourth-order valence-electron chi connectivity index (χ4n) is 1.81. The molecule has 0 aromatic heterocycles. The minimum atomic E-state index is -0.867. The summed E-state index contributed by atoms with van der Waals surface area (Å²) in [5.74, 6) is -0.511. The van der Waals surface area contributed by atoms with Crippen molar-refractivity contribution in [3.8, 4) is 0 Å². The lowest BCUT2D eigenvalue weighted by molar-refractivity contribution is -0.144. The van der Waals surface area contributed by atoms with Crippen LogP contribution in [0.2, 0.25) is 0 Å². The monoisotopic (exact) mass is 319 g/mol. The number of amides is 1. The molecule has 0 saturated heterocycles. The molecule has 1 amide bonds. The van der Waals surface area contributed by atoms with Gasteiger partial charge in [0.1, 0.15) is 11.6 Å². The topological polar surface area (TPSA) is 64.6 Å². The number of hydrogen-bond donors (Lipinski definition) is 1. The zero-order chi connectivity index (χ0) is 17.3. The van der Waals surface area contributed by atoms with Crippen molar-refractivity contribution in [2.45, 2.75) is 45.8 Å². The first-order valence-electron chi connectivity index (χ1n) is 7.68. The summed E-state index contributed by atoms with van der Waals surface area (Å²) in [5, 5.41) is 2.52. The van der Waals surface area contributed by atoms with Crippen molar-refractivity contribution in [1.29, 1.82) is 0 Å². The lowest BCUT2D eigenvalue weighted by Crippen LogP contribution is -2.43.